The first kappa shape index (κ1) is 24.4. The molecular weight excluding hydrogens is 503 g/mol. The van der Waals surface area contributed by atoms with Gasteiger partial charge in [0.15, 0.2) is 0 Å². The quantitative estimate of drug-likeness (QED) is 0.352. The Balaban J connectivity index is 1.42. The van der Waals surface area contributed by atoms with Crippen LogP contribution in [0, 0.1) is 11.8 Å². The van der Waals surface area contributed by atoms with Gasteiger partial charge >= 0.3 is 0 Å². The average Bonchev–Trinajstić information content (AvgIpc) is 3.31. The smallest absolute Gasteiger partial charge is 0.261 e. The largest absolute Gasteiger partial charge is 0.378 e. The second-order valence-corrected chi connectivity index (χ2v) is 12.2. The molecular formula is C27H28Cl2N2O3S. The van der Waals surface area contributed by atoms with E-state index in [-0.39, 0.29) is 28.0 Å². The van der Waals surface area contributed by atoms with Crippen LogP contribution in [0.25, 0.3) is 0 Å². The molecule has 0 aliphatic carbocycles. The monoisotopic (exact) mass is 530 g/mol. The van der Waals surface area contributed by atoms with Crippen LogP contribution in [0.2, 0.25) is 10.0 Å². The maximum atomic E-state index is 13.1. The van der Waals surface area contributed by atoms with Gasteiger partial charge in [-0.25, -0.2) is 8.42 Å². The van der Waals surface area contributed by atoms with E-state index in [0.717, 1.165) is 24.1 Å². The predicted octanol–water partition coefficient (Wildman–Crippen LogP) is 7.24. The standard InChI is InChI=1S/C27H28Cl2N2O3S/c1-16(2)13-17-3-5-18(6-4-17)26-21-11-12-34-27(21)22-15-20(8-10-25(22)30-26)35(32,33)31-19-7-9-23(28)24(29)14-19/h3-10,14-16,21,26-27,30-31H,11-13H2,1-2H3/t21-,26?,27-/m0/s1. The Morgan fingerprint density at radius 1 is 1.03 bits per heavy atom. The lowest BCUT2D eigenvalue weighted by atomic mass is 9.81. The summed E-state index contributed by atoms with van der Waals surface area (Å²) in [7, 11) is -3.82. The first-order valence-corrected chi connectivity index (χ1v) is 14.0. The molecule has 0 bridgehead atoms. The molecule has 2 aliphatic rings. The zero-order valence-corrected chi connectivity index (χ0v) is 21.9. The topological polar surface area (TPSA) is 67.4 Å². The Labute approximate surface area is 216 Å². The molecule has 3 atom stereocenters. The van der Waals surface area contributed by atoms with Gasteiger partial charge in [-0.1, -0.05) is 61.3 Å². The molecule has 2 aliphatic heterocycles. The summed E-state index contributed by atoms with van der Waals surface area (Å²) < 4.78 is 35.0. The molecule has 2 heterocycles. The minimum Gasteiger partial charge on any atom is -0.378 e. The molecule has 35 heavy (non-hydrogen) atoms. The summed E-state index contributed by atoms with van der Waals surface area (Å²) in [5.74, 6) is 0.837. The van der Waals surface area contributed by atoms with Crippen molar-refractivity contribution in [1.82, 2.24) is 0 Å². The van der Waals surface area contributed by atoms with Gasteiger partial charge in [0.1, 0.15) is 0 Å². The van der Waals surface area contributed by atoms with Crippen LogP contribution in [0.4, 0.5) is 11.4 Å². The zero-order valence-electron chi connectivity index (χ0n) is 19.6. The first-order chi connectivity index (χ1) is 16.7. The van der Waals surface area contributed by atoms with Crippen LogP contribution in [-0.4, -0.2) is 15.0 Å². The van der Waals surface area contributed by atoms with Gasteiger partial charge in [-0.05, 0) is 66.3 Å². The molecule has 2 N–H and O–H groups in total. The highest BCUT2D eigenvalue weighted by molar-refractivity contribution is 7.92. The van der Waals surface area contributed by atoms with E-state index in [9.17, 15) is 8.42 Å². The van der Waals surface area contributed by atoms with Gasteiger partial charge in [0.25, 0.3) is 10.0 Å². The van der Waals surface area contributed by atoms with E-state index in [4.69, 9.17) is 27.9 Å². The third-order valence-electron chi connectivity index (χ3n) is 6.67. The number of anilines is 2. The maximum Gasteiger partial charge on any atom is 0.261 e. The van der Waals surface area contributed by atoms with Crippen molar-refractivity contribution in [3.8, 4) is 0 Å². The number of sulfonamides is 1. The lowest BCUT2D eigenvalue weighted by Crippen LogP contribution is -2.29. The molecule has 3 aromatic carbocycles. The molecule has 1 unspecified atom stereocenters. The zero-order chi connectivity index (χ0) is 24.7. The molecule has 1 fully saturated rings. The van der Waals surface area contributed by atoms with Crippen molar-refractivity contribution in [1.29, 1.82) is 0 Å². The average molecular weight is 532 g/mol. The number of ether oxygens (including phenoxy) is 1. The number of halogens is 2. The van der Waals surface area contributed by atoms with Crippen LogP contribution < -0.4 is 10.0 Å². The molecule has 5 rings (SSSR count). The van der Waals surface area contributed by atoms with Gasteiger partial charge in [0.05, 0.1) is 32.8 Å². The highest BCUT2D eigenvalue weighted by Gasteiger charge is 2.42. The van der Waals surface area contributed by atoms with E-state index in [1.807, 2.05) is 6.07 Å². The Morgan fingerprint density at radius 3 is 2.51 bits per heavy atom. The van der Waals surface area contributed by atoms with E-state index < -0.39 is 10.0 Å². The Hall–Kier alpha value is -2.25. The molecule has 0 amide bonds. The van der Waals surface area contributed by atoms with Crippen LogP contribution in [0.5, 0.6) is 0 Å². The molecule has 184 valence electrons. The van der Waals surface area contributed by atoms with Crippen LogP contribution in [-0.2, 0) is 21.2 Å². The van der Waals surface area contributed by atoms with Crippen molar-refractivity contribution >= 4 is 44.6 Å². The van der Waals surface area contributed by atoms with Crippen molar-refractivity contribution in [2.24, 2.45) is 11.8 Å². The number of benzene rings is 3. The molecule has 8 heteroatoms. The van der Waals surface area contributed by atoms with Gasteiger partial charge in [0, 0.05) is 23.8 Å². The van der Waals surface area contributed by atoms with Gasteiger partial charge in [-0.2, -0.15) is 0 Å². The molecule has 0 saturated carbocycles. The molecule has 0 aromatic heterocycles. The Morgan fingerprint density at radius 2 is 1.80 bits per heavy atom. The third-order valence-corrected chi connectivity index (χ3v) is 8.79. The normalized spacial score (nSPS) is 21.3. The van der Waals surface area contributed by atoms with E-state index in [1.165, 1.54) is 17.2 Å². The molecule has 1 saturated heterocycles. The van der Waals surface area contributed by atoms with Crippen molar-refractivity contribution in [3.05, 3.63) is 87.4 Å². The second kappa shape index (κ2) is 9.66. The van der Waals surface area contributed by atoms with E-state index in [0.29, 0.717) is 23.2 Å². The van der Waals surface area contributed by atoms with Crippen LogP contribution >= 0.6 is 23.2 Å². The van der Waals surface area contributed by atoms with Crippen molar-refractivity contribution < 1.29 is 13.2 Å². The fraction of sp³-hybridized carbons (Fsp3) is 0.333. The maximum absolute atomic E-state index is 13.1. The summed E-state index contributed by atoms with van der Waals surface area (Å²) in [4.78, 5) is 0.176. The van der Waals surface area contributed by atoms with Gasteiger partial charge < -0.3 is 10.1 Å². The SMILES string of the molecule is CC(C)Cc1ccc(C2Nc3ccc(S(=O)(=O)Nc4ccc(Cl)c(Cl)c4)cc3[C@H]3OCC[C@@H]23)cc1. The lowest BCUT2D eigenvalue weighted by molar-refractivity contribution is 0.0827. The number of hydrogen-bond donors (Lipinski definition) is 2. The summed E-state index contributed by atoms with van der Waals surface area (Å²) in [6, 6.07) is 18.7. The van der Waals surface area contributed by atoms with E-state index in [1.54, 1.807) is 24.3 Å². The number of rotatable bonds is 6. The molecule has 5 nitrogen and oxygen atoms in total. The number of hydrogen-bond acceptors (Lipinski definition) is 4. The second-order valence-electron chi connectivity index (χ2n) is 9.69. The van der Waals surface area contributed by atoms with Gasteiger partial charge in [-0.3, -0.25) is 4.72 Å². The van der Waals surface area contributed by atoms with Crippen molar-refractivity contribution in [3.63, 3.8) is 0 Å². The predicted molar refractivity (Wildman–Crippen MR) is 142 cm³/mol. The summed E-state index contributed by atoms with van der Waals surface area (Å²) >= 11 is 12.0. The number of fused-ring (bicyclic) bond motifs is 3. The minimum absolute atomic E-state index is 0.111. The van der Waals surface area contributed by atoms with Gasteiger partial charge in [-0.15, -0.1) is 0 Å². The van der Waals surface area contributed by atoms with E-state index in [2.05, 4.69) is 48.2 Å². The van der Waals surface area contributed by atoms with Crippen LogP contribution in [0.1, 0.15) is 49.1 Å². The lowest BCUT2D eigenvalue weighted by Gasteiger charge is -2.36. The minimum atomic E-state index is -3.82. The van der Waals surface area contributed by atoms with Gasteiger partial charge in [0.2, 0.25) is 0 Å². The molecule has 3 aromatic rings. The van der Waals surface area contributed by atoms with Crippen LogP contribution in [0.15, 0.2) is 65.6 Å². The first-order valence-electron chi connectivity index (χ1n) is 11.8. The molecule has 0 radical (unpaired) electrons. The third kappa shape index (κ3) is 5.03. The van der Waals surface area contributed by atoms with Crippen molar-refractivity contribution in [2.45, 2.75) is 43.7 Å². The fourth-order valence-electron chi connectivity index (χ4n) is 5.05. The van der Waals surface area contributed by atoms with E-state index >= 15 is 0 Å². The Bertz CT molecular complexity index is 1340. The summed E-state index contributed by atoms with van der Waals surface area (Å²) in [5, 5.41) is 4.31. The van der Waals surface area contributed by atoms with Crippen LogP contribution in [0.3, 0.4) is 0 Å². The Kier molecular flexibility index (Phi) is 6.75. The summed E-state index contributed by atoms with van der Waals surface area (Å²) in [6.07, 6.45) is 1.81. The van der Waals surface area contributed by atoms with Crippen molar-refractivity contribution in [2.75, 3.05) is 16.6 Å². The summed E-state index contributed by atoms with van der Waals surface area (Å²) in [6.45, 7) is 5.10. The molecule has 0 spiro atoms. The fourth-order valence-corrected chi connectivity index (χ4v) is 6.44. The summed E-state index contributed by atoms with van der Waals surface area (Å²) in [5.41, 5.74) is 4.69. The highest BCUT2D eigenvalue weighted by Crippen LogP contribution is 2.50. The number of nitrogens with one attached hydrogen (secondary N) is 2. The highest BCUT2D eigenvalue weighted by atomic mass is 35.5.